The van der Waals surface area contributed by atoms with E-state index in [1.165, 1.54) is 0 Å². The molecule has 2 N–H and O–H groups in total. The number of aromatic nitrogens is 2. The monoisotopic (exact) mass is 292 g/mol. The SMILES string of the molecule is Cc1cc(C)nc(NCCCC(=O)NCC2CCCO2)n1. The molecule has 0 bridgehead atoms. The third kappa shape index (κ3) is 5.67. The van der Waals surface area contributed by atoms with E-state index in [4.69, 9.17) is 4.74 Å². The number of rotatable bonds is 7. The standard InChI is InChI=1S/C15H24N4O2/c1-11-9-12(2)19-15(18-11)16-7-3-6-14(20)17-10-13-5-4-8-21-13/h9,13H,3-8,10H2,1-2H3,(H,17,20)(H,16,18,19). The molecule has 0 aromatic carbocycles. The number of carbonyl (C=O) groups is 1. The van der Waals surface area contributed by atoms with Crippen molar-refractivity contribution in [3.8, 4) is 0 Å². The average Bonchev–Trinajstić information content (AvgIpc) is 2.93. The first-order chi connectivity index (χ1) is 10.1. The minimum Gasteiger partial charge on any atom is -0.376 e. The minimum atomic E-state index is 0.0774. The van der Waals surface area contributed by atoms with Crippen LogP contribution >= 0.6 is 0 Å². The number of nitrogens with zero attached hydrogens (tertiary/aromatic N) is 2. The van der Waals surface area contributed by atoms with Gasteiger partial charge in [0.2, 0.25) is 11.9 Å². The molecule has 1 saturated heterocycles. The maximum atomic E-state index is 11.7. The van der Waals surface area contributed by atoms with Crippen molar-refractivity contribution in [2.75, 3.05) is 25.0 Å². The number of aryl methyl sites for hydroxylation is 2. The first-order valence-corrected chi connectivity index (χ1v) is 7.58. The number of amides is 1. The Bertz CT molecular complexity index is 452. The molecule has 0 aliphatic carbocycles. The second-order valence-electron chi connectivity index (χ2n) is 5.44. The largest absolute Gasteiger partial charge is 0.376 e. The molecule has 0 spiro atoms. The van der Waals surface area contributed by atoms with Crippen LogP contribution in [0.25, 0.3) is 0 Å². The molecular formula is C15H24N4O2. The lowest BCUT2D eigenvalue weighted by atomic mass is 10.2. The first-order valence-electron chi connectivity index (χ1n) is 7.58. The van der Waals surface area contributed by atoms with Crippen LogP contribution in [0.3, 0.4) is 0 Å². The van der Waals surface area contributed by atoms with Crippen LogP contribution in [0.4, 0.5) is 5.95 Å². The van der Waals surface area contributed by atoms with Gasteiger partial charge in [-0.05, 0) is 39.2 Å². The molecule has 1 aliphatic rings. The molecule has 6 nitrogen and oxygen atoms in total. The van der Waals surface area contributed by atoms with Gasteiger partial charge >= 0.3 is 0 Å². The second-order valence-corrected chi connectivity index (χ2v) is 5.44. The van der Waals surface area contributed by atoms with Crippen molar-refractivity contribution in [1.82, 2.24) is 15.3 Å². The van der Waals surface area contributed by atoms with E-state index in [0.717, 1.165) is 37.3 Å². The number of anilines is 1. The van der Waals surface area contributed by atoms with Crippen LogP contribution in [0.2, 0.25) is 0 Å². The van der Waals surface area contributed by atoms with Crippen LogP contribution in [-0.4, -0.2) is 41.7 Å². The molecule has 1 aromatic rings. The van der Waals surface area contributed by atoms with E-state index >= 15 is 0 Å². The summed E-state index contributed by atoms with van der Waals surface area (Å²) in [4.78, 5) is 20.3. The van der Waals surface area contributed by atoms with Gasteiger partial charge in [0.15, 0.2) is 0 Å². The molecule has 1 amide bonds. The van der Waals surface area contributed by atoms with Crippen molar-refractivity contribution in [3.63, 3.8) is 0 Å². The lowest BCUT2D eigenvalue weighted by Gasteiger charge is -2.11. The van der Waals surface area contributed by atoms with Crippen molar-refractivity contribution >= 4 is 11.9 Å². The number of hydrogen-bond donors (Lipinski definition) is 2. The van der Waals surface area contributed by atoms with Gasteiger partial charge in [-0.25, -0.2) is 9.97 Å². The highest BCUT2D eigenvalue weighted by Gasteiger charge is 2.15. The summed E-state index contributed by atoms with van der Waals surface area (Å²) in [7, 11) is 0. The average molecular weight is 292 g/mol. The first kappa shape index (κ1) is 15.7. The molecule has 1 fully saturated rings. The summed E-state index contributed by atoms with van der Waals surface area (Å²) in [6.07, 6.45) is 3.61. The third-order valence-electron chi connectivity index (χ3n) is 3.40. The van der Waals surface area contributed by atoms with Gasteiger partial charge in [-0.2, -0.15) is 0 Å². The Morgan fingerprint density at radius 3 is 2.81 bits per heavy atom. The number of carbonyl (C=O) groups excluding carboxylic acids is 1. The van der Waals surface area contributed by atoms with E-state index in [2.05, 4.69) is 20.6 Å². The summed E-state index contributed by atoms with van der Waals surface area (Å²) in [5.74, 6) is 0.709. The van der Waals surface area contributed by atoms with E-state index in [1.54, 1.807) is 0 Å². The van der Waals surface area contributed by atoms with Crippen molar-refractivity contribution in [1.29, 1.82) is 0 Å². The quantitative estimate of drug-likeness (QED) is 0.746. The zero-order valence-electron chi connectivity index (χ0n) is 12.8. The summed E-state index contributed by atoms with van der Waals surface area (Å²) in [6.45, 7) is 6.03. The fraction of sp³-hybridized carbons (Fsp3) is 0.667. The Morgan fingerprint density at radius 1 is 1.38 bits per heavy atom. The highest BCUT2D eigenvalue weighted by molar-refractivity contribution is 5.75. The third-order valence-corrected chi connectivity index (χ3v) is 3.40. The number of nitrogens with one attached hydrogen (secondary N) is 2. The number of hydrogen-bond acceptors (Lipinski definition) is 5. The minimum absolute atomic E-state index is 0.0774. The van der Waals surface area contributed by atoms with Crippen LogP contribution in [0.15, 0.2) is 6.07 Å². The summed E-state index contributed by atoms with van der Waals surface area (Å²) in [6, 6.07) is 1.93. The maximum absolute atomic E-state index is 11.7. The lowest BCUT2D eigenvalue weighted by molar-refractivity contribution is -0.121. The highest BCUT2D eigenvalue weighted by atomic mass is 16.5. The molecule has 6 heteroatoms. The summed E-state index contributed by atoms with van der Waals surface area (Å²) >= 11 is 0. The van der Waals surface area contributed by atoms with E-state index < -0.39 is 0 Å². The molecule has 1 atom stereocenters. The fourth-order valence-electron chi connectivity index (χ4n) is 2.38. The van der Waals surface area contributed by atoms with Gasteiger partial charge in [-0.3, -0.25) is 4.79 Å². The Kier molecular flexibility index (Phi) is 5.92. The van der Waals surface area contributed by atoms with Gasteiger partial charge in [0, 0.05) is 37.5 Å². The van der Waals surface area contributed by atoms with E-state index in [1.807, 2.05) is 19.9 Å². The Morgan fingerprint density at radius 2 is 2.14 bits per heavy atom. The van der Waals surface area contributed by atoms with E-state index in [0.29, 0.717) is 25.5 Å². The van der Waals surface area contributed by atoms with Crippen molar-refractivity contribution in [2.45, 2.75) is 45.6 Å². The van der Waals surface area contributed by atoms with Crippen LogP contribution in [0, 0.1) is 13.8 Å². The molecule has 116 valence electrons. The van der Waals surface area contributed by atoms with E-state index in [9.17, 15) is 4.79 Å². The summed E-state index contributed by atoms with van der Waals surface area (Å²) in [5.41, 5.74) is 1.89. The Labute approximate surface area is 125 Å². The van der Waals surface area contributed by atoms with Crippen LogP contribution in [0.5, 0.6) is 0 Å². The Balaban J connectivity index is 1.59. The molecular weight excluding hydrogens is 268 g/mol. The highest BCUT2D eigenvalue weighted by Crippen LogP contribution is 2.10. The van der Waals surface area contributed by atoms with Gasteiger partial charge in [-0.1, -0.05) is 0 Å². The van der Waals surface area contributed by atoms with Crippen LogP contribution in [-0.2, 0) is 9.53 Å². The van der Waals surface area contributed by atoms with E-state index in [-0.39, 0.29) is 12.0 Å². The van der Waals surface area contributed by atoms with Gasteiger partial charge in [0.05, 0.1) is 6.10 Å². The van der Waals surface area contributed by atoms with Crippen LogP contribution in [0.1, 0.15) is 37.1 Å². The maximum Gasteiger partial charge on any atom is 0.223 e. The summed E-state index contributed by atoms with van der Waals surface area (Å²) < 4.78 is 5.47. The molecule has 1 unspecified atom stereocenters. The second kappa shape index (κ2) is 7.93. The molecule has 0 radical (unpaired) electrons. The molecule has 21 heavy (non-hydrogen) atoms. The normalized spacial score (nSPS) is 17.7. The molecule has 2 rings (SSSR count). The molecule has 2 heterocycles. The molecule has 1 aromatic heterocycles. The number of ether oxygens (including phenoxy) is 1. The lowest BCUT2D eigenvalue weighted by Crippen LogP contribution is -2.31. The zero-order chi connectivity index (χ0) is 15.1. The van der Waals surface area contributed by atoms with Gasteiger partial charge < -0.3 is 15.4 Å². The van der Waals surface area contributed by atoms with Gasteiger partial charge in [-0.15, -0.1) is 0 Å². The zero-order valence-corrected chi connectivity index (χ0v) is 12.8. The smallest absolute Gasteiger partial charge is 0.223 e. The predicted molar refractivity (Wildman–Crippen MR) is 81.2 cm³/mol. The predicted octanol–water partition coefficient (Wildman–Crippen LogP) is 1.58. The van der Waals surface area contributed by atoms with Crippen molar-refractivity contribution in [2.24, 2.45) is 0 Å². The molecule has 0 saturated carbocycles. The van der Waals surface area contributed by atoms with Gasteiger partial charge in [0.1, 0.15) is 0 Å². The fourth-order valence-corrected chi connectivity index (χ4v) is 2.38. The van der Waals surface area contributed by atoms with Gasteiger partial charge in [0.25, 0.3) is 0 Å². The summed E-state index contributed by atoms with van der Waals surface area (Å²) in [5, 5.41) is 6.07. The van der Waals surface area contributed by atoms with Crippen molar-refractivity contribution < 1.29 is 9.53 Å². The topological polar surface area (TPSA) is 76.1 Å². The van der Waals surface area contributed by atoms with Crippen LogP contribution < -0.4 is 10.6 Å². The molecule has 1 aliphatic heterocycles. The van der Waals surface area contributed by atoms with Crippen molar-refractivity contribution in [3.05, 3.63) is 17.5 Å². The Hall–Kier alpha value is -1.69.